The summed E-state index contributed by atoms with van der Waals surface area (Å²) in [7, 11) is 0. The van der Waals surface area contributed by atoms with E-state index in [0.29, 0.717) is 16.5 Å². The van der Waals surface area contributed by atoms with E-state index in [0.717, 1.165) is 16.8 Å². The average Bonchev–Trinajstić information content (AvgIpc) is 2.49. The number of hydrogen-bond acceptors (Lipinski definition) is 2. The monoisotopic (exact) mass is 341 g/mol. The van der Waals surface area contributed by atoms with Gasteiger partial charge in [-0.3, -0.25) is 4.98 Å². The first kappa shape index (κ1) is 16.3. The van der Waals surface area contributed by atoms with Gasteiger partial charge in [0.1, 0.15) is 0 Å². The van der Waals surface area contributed by atoms with Crippen LogP contribution in [-0.4, -0.2) is 10.1 Å². The molecule has 0 amide bonds. The van der Waals surface area contributed by atoms with Gasteiger partial charge in [0.25, 0.3) is 0 Å². The maximum atomic E-state index is 9.51. The number of nitrogens with zero attached hydrogens (tertiary/aromatic N) is 1. The molecule has 1 aromatic carbocycles. The van der Waals surface area contributed by atoms with Gasteiger partial charge in [0, 0.05) is 27.7 Å². The summed E-state index contributed by atoms with van der Waals surface area (Å²) in [6, 6.07) is 9.03. The van der Waals surface area contributed by atoms with E-state index in [1.54, 1.807) is 24.4 Å². The van der Waals surface area contributed by atoms with Gasteiger partial charge in [0.15, 0.2) is 0 Å². The summed E-state index contributed by atoms with van der Waals surface area (Å²) in [6.07, 6.45) is 4.18. The van der Waals surface area contributed by atoms with Crippen LogP contribution in [0.25, 0.3) is 0 Å². The normalized spacial score (nSPS) is 12.8. The molecule has 0 aliphatic heterocycles. The smallest absolute Gasteiger partial charge is 0.0699 e. The summed E-state index contributed by atoms with van der Waals surface area (Å²) >= 11 is 17.9. The second-order valence-electron chi connectivity index (χ2n) is 4.52. The van der Waals surface area contributed by atoms with E-state index in [9.17, 15) is 5.11 Å². The number of allylic oxidation sites excluding steroid dienone is 1. The first-order valence-electron chi connectivity index (χ1n) is 6.42. The molecular weight excluding hydrogens is 329 g/mol. The van der Waals surface area contributed by atoms with E-state index in [2.05, 4.69) is 4.98 Å². The third kappa shape index (κ3) is 3.98. The van der Waals surface area contributed by atoms with Crippen molar-refractivity contribution in [2.45, 2.75) is 18.9 Å². The molecule has 1 aromatic heterocycles. The van der Waals surface area contributed by atoms with Crippen molar-refractivity contribution in [2.75, 3.05) is 0 Å². The van der Waals surface area contributed by atoms with Crippen molar-refractivity contribution in [3.8, 4) is 0 Å². The Morgan fingerprint density at radius 3 is 2.71 bits per heavy atom. The first-order chi connectivity index (χ1) is 10.2. The fourth-order valence-corrected chi connectivity index (χ4v) is 2.90. The number of aliphatic hydroxyl groups excluding tert-OH is 1. The maximum absolute atomic E-state index is 9.51. The molecule has 1 atom stereocenters. The predicted molar refractivity (Wildman–Crippen MR) is 88.1 cm³/mol. The second-order valence-corrected chi connectivity index (χ2v) is 5.62. The number of aliphatic hydroxyl groups is 1. The summed E-state index contributed by atoms with van der Waals surface area (Å²) in [5.41, 5.74) is 3.94. The van der Waals surface area contributed by atoms with Gasteiger partial charge < -0.3 is 5.11 Å². The number of rotatable bonds is 5. The summed E-state index contributed by atoms with van der Waals surface area (Å²) < 4.78 is 0. The number of halogens is 3. The number of benzene rings is 1. The van der Waals surface area contributed by atoms with Crippen LogP contribution >= 0.6 is 34.8 Å². The van der Waals surface area contributed by atoms with Crippen LogP contribution in [-0.2, 0) is 6.61 Å². The first-order valence-corrected chi connectivity index (χ1v) is 7.61. The Balaban J connectivity index is 2.52. The molecule has 0 saturated heterocycles. The number of aromatic nitrogens is 1. The molecule has 110 valence electrons. The molecule has 0 radical (unpaired) electrons. The predicted octanol–water partition coefficient (Wildman–Crippen LogP) is 5.16. The van der Waals surface area contributed by atoms with Crippen LogP contribution in [0.4, 0.5) is 0 Å². The molecule has 0 saturated carbocycles. The van der Waals surface area contributed by atoms with Crippen molar-refractivity contribution in [3.05, 3.63) is 75.0 Å². The van der Waals surface area contributed by atoms with E-state index in [-0.39, 0.29) is 12.5 Å². The molecule has 1 heterocycles. The molecule has 1 unspecified atom stereocenters. The lowest BCUT2D eigenvalue weighted by molar-refractivity contribution is 0.279. The molecule has 0 aliphatic carbocycles. The van der Waals surface area contributed by atoms with Crippen LogP contribution in [0.1, 0.15) is 29.2 Å². The van der Waals surface area contributed by atoms with Gasteiger partial charge >= 0.3 is 0 Å². The maximum Gasteiger partial charge on any atom is 0.0699 e. The number of pyridine rings is 1. The molecule has 0 aliphatic rings. The SMILES string of the molecule is OCc1cccnc1C(C/C=C\Cl)c1ccc(Cl)cc1Cl. The number of hydrogen-bond donors (Lipinski definition) is 1. The molecule has 1 N–H and O–H groups in total. The summed E-state index contributed by atoms with van der Waals surface area (Å²) in [6.45, 7) is -0.0739. The van der Waals surface area contributed by atoms with Crippen molar-refractivity contribution in [1.29, 1.82) is 0 Å². The molecule has 0 fully saturated rings. The molecule has 0 spiro atoms. The summed E-state index contributed by atoms with van der Waals surface area (Å²) in [5.74, 6) is -0.0897. The Morgan fingerprint density at radius 2 is 2.05 bits per heavy atom. The Labute approximate surface area is 139 Å². The van der Waals surface area contributed by atoms with Crippen molar-refractivity contribution in [3.63, 3.8) is 0 Å². The molecule has 2 rings (SSSR count). The van der Waals surface area contributed by atoms with Gasteiger partial charge in [0.05, 0.1) is 12.3 Å². The minimum absolute atomic E-state index is 0.0739. The lowest BCUT2D eigenvalue weighted by Crippen LogP contribution is -2.07. The minimum atomic E-state index is -0.0897. The van der Waals surface area contributed by atoms with Gasteiger partial charge in [-0.15, -0.1) is 0 Å². The van der Waals surface area contributed by atoms with Crippen molar-refractivity contribution < 1.29 is 5.11 Å². The summed E-state index contributed by atoms with van der Waals surface area (Å²) in [5, 5.41) is 10.7. The van der Waals surface area contributed by atoms with Crippen LogP contribution in [0.5, 0.6) is 0 Å². The lowest BCUT2D eigenvalue weighted by atomic mass is 9.89. The fourth-order valence-electron chi connectivity index (χ4n) is 2.26. The van der Waals surface area contributed by atoms with Crippen molar-refractivity contribution in [2.24, 2.45) is 0 Å². The third-order valence-corrected chi connectivity index (χ3v) is 3.97. The zero-order valence-corrected chi connectivity index (χ0v) is 13.4. The standard InChI is InChI=1S/C16H14Cl3NO/c17-7-1-4-14(13-6-5-12(18)9-15(13)19)16-11(10-21)3-2-8-20-16/h1-3,5-9,14,21H,4,10H2/b7-1-. The van der Waals surface area contributed by atoms with E-state index in [1.165, 1.54) is 5.54 Å². The molecular formula is C16H14Cl3NO. The highest BCUT2D eigenvalue weighted by molar-refractivity contribution is 6.35. The lowest BCUT2D eigenvalue weighted by Gasteiger charge is -2.19. The van der Waals surface area contributed by atoms with E-state index in [1.807, 2.05) is 18.2 Å². The van der Waals surface area contributed by atoms with Crippen molar-refractivity contribution in [1.82, 2.24) is 4.98 Å². The van der Waals surface area contributed by atoms with E-state index >= 15 is 0 Å². The van der Waals surface area contributed by atoms with Crippen LogP contribution in [0, 0.1) is 0 Å². The quantitative estimate of drug-likeness (QED) is 0.814. The van der Waals surface area contributed by atoms with E-state index in [4.69, 9.17) is 34.8 Å². The zero-order chi connectivity index (χ0) is 15.2. The fraction of sp³-hybridized carbons (Fsp3) is 0.188. The molecule has 5 heteroatoms. The van der Waals surface area contributed by atoms with Crippen LogP contribution in [0.15, 0.2) is 48.1 Å². The summed E-state index contributed by atoms with van der Waals surface area (Å²) in [4.78, 5) is 4.41. The largest absolute Gasteiger partial charge is 0.392 e. The Kier molecular flexibility index (Phi) is 6.07. The van der Waals surface area contributed by atoms with Crippen molar-refractivity contribution >= 4 is 34.8 Å². The van der Waals surface area contributed by atoms with Crippen LogP contribution in [0.2, 0.25) is 10.0 Å². The highest BCUT2D eigenvalue weighted by atomic mass is 35.5. The van der Waals surface area contributed by atoms with Gasteiger partial charge in [-0.2, -0.15) is 0 Å². The molecule has 21 heavy (non-hydrogen) atoms. The second kappa shape index (κ2) is 7.81. The van der Waals surface area contributed by atoms with E-state index < -0.39 is 0 Å². The minimum Gasteiger partial charge on any atom is -0.392 e. The molecule has 2 nitrogen and oxygen atoms in total. The molecule has 0 bridgehead atoms. The third-order valence-electron chi connectivity index (χ3n) is 3.23. The van der Waals surface area contributed by atoms with Gasteiger partial charge in [-0.1, -0.05) is 53.0 Å². The molecule has 2 aromatic rings. The zero-order valence-electron chi connectivity index (χ0n) is 11.1. The Bertz CT molecular complexity index is 643. The Hall–Kier alpha value is -1.06. The average molecular weight is 343 g/mol. The van der Waals surface area contributed by atoms with Gasteiger partial charge in [-0.05, 0) is 35.7 Å². The highest BCUT2D eigenvalue weighted by Gasteiger charge is 2.20. The topological polar surface area (TPSA) is 33.1 Å². The highest BCUT2D eigenvalue weighted by Crippen LogP contribution is 2.35. The van der Waals surface area contributed by atoms with Gasteiger partial charge in [0.2, 0.25) is 0 Å². The van der Waals surface area contributed by atoms with Crippen LogP contribution < -0.4 is 0 Å². The Morgan fingerprint density at radius 1 is 1.24 bits per heavy atom. The van der Waals surface area contributed by atoms with Gasteiger partial charge in [-0.25, -0.2) is 0 Å². The van der Waals surface area contributed by atoms with Crippen LogP contribution in [0.3, 0.4) is 0 Å².